The summed E-state index contributed by atoms with van der Waals surface area (Å²) in [4.78, 5) is 5.31. The van der Waals surface area contributed by atoms with Crippen LogP contribution in [-0.4, -0.2) is 24.5 Å². The molecule has 7 aromatic carbocycles. The van der Waals surface area contributed by atoms with Crippen LogP contribution in [0.15, 0.2) is 152 Å². The Labute approximate surface area is 256 Å². The molecule has 43 heavy (non-hydrogen) atoms. The quantitative estimate of drug-likeness (QED) is 0.109. The molecule has 0 radical (unpaired) electrons. The number of nitrogens with zero attached hydrogens (tertiary/aromatic N) is 2. The molecule has 2 nitrogen and oxygen atoms in total. The summed E-state index contributed by atoms with van der Waals surface area (Å²) in [5.41, 5.74) is 2.07. The van der Waals surface area contributed by atoms with Gasteiger partial charge in [-0.05, 0) is 0 Å². The molecule has 0 aliphatic heterocycles. The van der Waals surface area contributed by atoms with Crippen molar-refractivity contribution in [3.8, 4) is 0 Å². The van der Waals surface area contributed by atoms with E-state index in [1.54, 1.807) is 0 Å². The van der Waals surface area contributed by atoms with Gasteiger partial charge in [0.15, 0.2) is 0 Å². The van der Waals surface area contributed by atoms with Gasteiger partial charge in [0.2, 0.25) is 0 Å². The Morgan fingerprint density at radius 1 is 0.488 bits per heavy atom. The molecule has 1 atom stereocenters. The second-order valence-corrected chi connectivity index (χ2v) is 17.3. The van der Waals surface area contributed by atoms with Gasteiger partial charge in [-0.15, -0.1) is 0 Å². The third-order valence-electron chi connectivity index (χ3n) is 8.81. The van der Waals surface area contributed by atoms with E-state index in [2.05, 4.69) is 171 Å². The molecule has 9 rings (SSSR count). The first-order valence-corrected chi connectivity index (χ1v) is 18.5. The van der Waals surface area contributed by atoms with Crippen molar-refractivity contribution in [1.82, 2.24) is 9.38 Å². The fourth-order valence-electron chi connectivity index (χ4n) is 6.85. The van der Waals surface area contributed by atoms with Crippen molar-refractivity contribution in [3.63, 3.8) is 0 Å². The molecule has 2 heterocycles. The third-order valence-corrected chi connectivity index (χ3v) is 15.8. The zero-order chi connectivity index (χ0) is 28.5. The second kappa shape index (κ2) is 9.49. The zero-order valence-corrected chi connectivity index (χ0v) is 25.8. The van der Waals surface area contributed by atoms with Crippen molar-refractivity contribution in [2.24, 2.45) is 0 Å². The summed E-state index contributed by atoms with van der Waals surface area (Å²) in [6, 6.07) is 55.3. The molecular formula is C39H25N2PSe. The Morgan fingerprint density at radius 2 is 1.14 bits per heavy atom. The molecule has 0 saturated carbocycles. The summed E-state index contributed by atoms with van der Waals surface area (Å²) in [7, 11) is 0. The molecule has 0 aliphatic carbocycles. The van der Waals surface area contributed by atoms with Crippen LogP contribution in [0.4, 0.5) is 0 Å². The summed E-state index contributed by atoms with van der Waals surface area (Å²) in [6.07, 6.45) is 0. The van der Waals surface area contributed by atoms with E-state index in [1.807, 2.05) is 0 Å². The Hall–Kier alpha value is -4.52. The summed E-state index contributed by atoms with van der Waals surface area (Å²) < 4.78 is 2.36. The van der Waals surface area contributed by atoms with E-state index in [1.165, 1.54) is 59.1 Å². The van der Waals surface area contributed by atoms with E-state index >= 15 is 0 Å². The molecular weight excluding hydrogens is 606 g/mol. The molecule has 0 bridgehead atoms. The van der Waals surface area contributed by atoms with Crippen molar-refractivity contribution in [2.75, 3.05) is 0 Å². The maximum atomic E-state index is 5.31. The van der Waals surface area contributed by atoms with E-state index < -0.39 is 5.51 Å². The summed E-state index contributed by atoms with van der Waals surface area (Å²) in [5, 5.41) is 12.7. The Balaban J connectivity index is 1.47. The SMILES string of the molecule is [Se]=P(c1ccccc1)(c1ccc2ccc3ccccc3c2c1)c1cccc2c3ccccc3n3c4ccccc4nc3c12. The van der Waals surface area contributed by atoms with Gasteiger partial charge < -0.3 is 0 Å². The molecule has 2 aromatic heterocycles. The minimum absolute atomic E-state index is 1.01. The van der Waals surface area contributed by atoms with Crippen LogP contribution in [0.3, 0.4) is 0 Å². The van der Waals surface area contributed by atoms with Crippen molar-refractivity contribution < 1.29 is 0 Å². The van der Waals surface area contributed by atoms with Crippen LogP contribution in [-0.2, 0) is 0 Å². The first-order chi connectivity index (χ1) is 21.2. The molecule has 4 heteroatoms. The van der Waals surface area contributed by atoms with E-state index in [4.69, 9.17) is 4.98 Å². The number of rotatable bonds is 3. The third kappa shape index (κ3) is 3.60. The van der Waals surface area contributed by atoms with Crippen LogP contribution in [0, 0.1) is 0 Å². The predicted molar refractivity (Wildman–Crippen MR) is 187 cm³/mol. The van der Waals surface area contributed by atoms with Crippen LogP contribution < -0.4 is 15.9 Å². The molecule has 0 N–H and O–H groups in total. The standard InChI is InChI=1S/C39H25N2PSe/c43-42(28-12-2-1-3-13-28,29-24-23-27-22-21-26-11-4-5-14-30(26)33(27)25-29)37-20-10-16-32-31-15-6-8-18-35(31)41-36-19-9-7-17-34(36)40-39(41)38(32)37/h1-25H. The molecule has 0 amide bonds. The summed E-state index contributed by atoms with van der Waals surface area (Å²) in [5.74, 6) is 0. The average Bonchev–Trinajstić information content (AvgIpc) is 3.48. The fourth-order valence-corrected chi connectivity index (χ4v) is 12.2. The van der Waals surface area contributed by atoms with E-state index in [0.29, 0.717) is 0 Å². The summed E-state index contributed by atoms with van der Waals surface area (Å²) >= 11 is 3.86. The second-order valence-electron chi connectivity index (χ2n) is 11.1. The van der Waals surface area contributed by atoms with E-state index in [-0.39, 0.29) is 0 Å². The van der Waals surface area contributed by atoms with Crippen LogP contribution in [0.5, 0.6) is 0 Å². The van der Waals surface area contributed by atoms with Crippen LogP contribution >= 0.6 is 5.51 Å². The minimum atomic E-state index is -2.26. The van der Waals surface area contributed by atoms with E-state index in [9.17, 15) is 0 Å². The molecule has 9 aromatic rings. The zero-order valence-electron chi connectivity index (χ0n) is 23.2. The number of hydrogen-bond donors (Lipinski definition) is 0. The number of fused-ring (bicyclic) bond motifs is 11. The number of para-hydroxylation sites is 3. The van der Waals surface area contributed by atoms with Crippen molar-refractivity contribution >= 4 is 96.4 Å². The van der Waals surface area contributed by atoms with Crippen molar-refractivity contribution in [3.05, 3.63) is 152 Å². The molecule has 0 saturated heterocycles. The van der Waals surface area contributed by atoms with Gasteiger partial charge in [-0.2, -0.15) is 0 Å². The van der Waals surface area contributed by atoms with Gasteiger partial charge in [0.1, 0.15) is 0 Å². The van der Waals surface area contributed by atoms with Gasteiger partial charge in [-0.3, -0.25) is 0 Å². The monoisotopic (exact) mass is 632 g/mol. The normalized spacial score (nSPS) is 13.4. The predicted octanol–water partition coefficient (Wildman–Crippen LogP) is 8.48. The Kier molecular flexibility index (Phi) is 5.52. The number of imidazole rings is 1. The van der Waals surface area contributed by atoms with Gasteiger partial charge in [0.05, 0.1) is 0 Å². The molecule has 0 fully saturated rings. The topological polar surface area (TPSA) is 17.3 Å². The number of benzene rings is 7. The van der Waals surface area contributed by atoms with Gasteiger partial charge in [0, 0.05) is 0 Å². The number of pyridine rings is 1. The first kappa shape index (κ1) is 25.0. The molecule has 0 spiro atoms. The first-order valence-electron chi connectivity index (χ1n) is 14.5. The van der Waals surface area contributed by atoms with Gasteiger partial charge in [-0.1, -0.05) is 0 Å². The Bertz CT molecular complexity index is 2600. The van der Waals surface area contributed by atoms with Crippen LogP contribution in [0.25, 0.3) is 59.9 Å². The summed E-state index contributed by atoms with van der Waals surface area (Å²) in [6.45, 7) is 0. The molecule has 1 unspecified atom stereocenters. The van der Waals surface area contributed by atoms with E-state index in [0.717, 1.165) is 16.7 Å². The fraction of sp³-hybridized carbons (Fsp3) is 0. The van der Waals surface area contributed by atoms with Gasteiger partial charge in [0.25, 0.3) is 0 Å². The Morgan fingerprint density at radius 3 is 2.00 bits per heavy atom. The molecule has 202 valence electrons. The van der Waals surface area contributed by atoms with Gasteiger partial charge in [-0.25, -0.2) is 0 Å². The van der Waals surface area contributed by atoms with Gasteiger partial charge >= 0.3 is 257 Å². The van der Waals surface area contributed by atoms with Crippen molar-refractivity contribution in [2.45, 2.75) is 0 Å². The average molecular weight is 632 g/mol. The van der Waals surface area contributed by atoms with Crippen molar-refractivity contribution in [1.29, 1.82) is 0 Å². The maximum absolute atomic E-state index is 5.31. The van der Waals surface area contributed by atoms with Crippen LogP contribution in [0.1, 0.15) is 0 Å². The van der Waals surface area contributed by atoms with Crippen LogP contribution in [0.2, 0.25) is 0 Å². The number of aromatic nitrogens is 2. The molecule has 0 aliphatic rings. The number of hydrogen-bond acceptors (Lipinski definition) is 1.